The molecule has 0 aromatic heterocycles. The van der Waals surface area contributed by atoms with Gasteiger partial charge in [0.15, 0.2) is 0 Å². The number of hydrogen-bond acceptors (Lipinski definition) is 3. The summed E-state index contributed by atoms with van der Waals surface area (Å²) in [6.07, 6.45) is 7.68. The molecule has 2 fully saturated rings. The lowest BCUT2D eigenvalue weighted by atomic mass is 9.60. The first kappa shape index (κ1) is 18.1. The van der Waals surface area contributed by atoms with Crippen molar-refractivity contribution in [3.05, 3.63) is 77.6 Å². The smallest absolute Gasteiger partial charge is 0.115 e. The van der Waals surface area contributed by atoms with E-state index in [0.717, 1.165) is 32.4 Å². The fraction of sp³-hybridized carbons (Fsp3) is 0.417. The van der Waals surface area contributed by atoms with Gasteiger partial charge in [0.1, 0.15) is 5.75 Å². The fourth-order valence-electron chi connectivity index (χ4n) is 5.12. The molecule has 4 rings (SSSR count). The number of likely N-dealkylation sites (tertiary alicyclic amines) is 1. The first-order valence-electron chi connectivity index (χ1n) is 10.0. The van der Waals surface area contributed by atoms with Gasteiger partial charge < -0.3 is 9.84 Å². The normalized spacial score (nSPS) is 26.9. The van der Waals surface area contributed by atoms with Crippen LogP contribution in [0.3, 0.4) is 0 Å². The van der Waals surface area contributed by atoms with E-state index in [-0.39, 0.29) is 5.41 Å². The molecule has 1 N–H and O–H groups in total. The number of methoxy groups -OCH3 is 1. The van der Waals surface area contributed by atoms with Crippen LogP contribution in [0.2, 0.25) is 0 Å². The minimum absolute atomic E-state index is 0.000906. The summed E-state index contributed by atoms with van der Waals surface area (Å²) in [4.78, 5) is 2.64. The number of piperidine rings is 1. The molecule has 0 radical (unpaired) electrons. The standard InChI is InChI=1S/C24H29NO2/c1-27-18-22-23-11-6-13-24(22,20-9-5-10-21(26)17-20)14-16-25(23)15-12-19-7-3-2-4-8-19/h2-5,7-10,17-18,23,26H,6,11-16H2,1H3. The third kappa shape index (κ3) is 3.49. The average Bonchev–Trinajstić information content (AvgIpc) is 2.69. The Bertz CT molecular complexity index is 801. The lowest BCUT2D eigenvalue weighted by Crippen LogP contribution is -2.54. The van der Waals surface area contributed by atoms with Gasteiger partial charge in [0.25, 0.3) is 0 Å². The van der Waals surface area contributed by atoms with Crippen molar-refractivity contribution in [2.45, 2.75) is 43.6 Å². The Morgan fingerprint density at radius 1 is 1.15 bits per heavy atom. The molecule has 3 nitrogen and oxygen atoms in total. The Labute approximate surface area is 162 Å². The first-order valence-corrected chi connectivity index (χ1v) is 10.0. The van der Waals surface area contributed by atoms with E-state index >= 15 is 0 Å². The third-order valence-electron chi connectivity index (χ3n) is 6.43. The van der Waals surface area contributed by atoms with Gasteiger partial charge in [-0.15, -0.1) is 0 Å². The van der Waals surface area contributed by atoms with Crippen molar-refractivity contribution in [1.82, 2.24) is 4.90 Å². The van der Waals surface area contributed by atoms with Gasteiger partial charge in [-0.25, -0.2) is 0 Å². The van der Waals surface area contributed by atoms with Crippen LogP contribution in [0, 0.1) is 0 Å². The Hall–Kier alpha value is -2.26. The molecule has 2 unspecified atom stereocenters. The largest absolute Gasteiger partial charge is 0.508 e. The van der Waals surface area contributed by atoms with Gasteiger partial charge in [0, 0.05) is 18.0 Å². The summed E-state index contributed by atoms with van der Waals surface area (Å²) in [5.41, 5.74) is 4.02. The van der Waals surface area contributed by atoms with Gasteiger partial charge in [-0.05, 0) is 61.1 Å². The number of rotatable bonds is 5. The Balaban J connectivity index is 1.61. The van der Waals surface area contributed by atoms with E-state index in [4.69, 9.17) is 4.74 Å². The minimum Gasteiger partial charge on any atom is -0.508 e. The summed E-state index contributed by atoms with van der Waals surface area (Å²) < 4.78 is 5.55. The van der Waals surface area contributed by atoms with Crippen LogP contribution in [0.25, 0.3) is 0 Å². The summed E-state index contributed by atoms with van der Waals surface area (Å²) in [5, 5.41) is 10.1. The van der Waals surface area contributed by atoms with Gasteiger partial charge in [-0.2, -0.15) is 0 Å². The molecule has 0 amide bonds. The van der Waals surface area contributed by atoms with Crippen molar-refractivity contribution in [2.75, 3.05) is 20.2 Å². The zero-order chi connectivity index (χ0) is 18.7. The van der Waals surface area contributed by atoms with E-state index in [9.17, 15) is 5.11 Å². The Morgan fingerprint density at radius 3 is 2.78 bits per heavy atom. The van der Waals surface area contributed by atoms with Crippen molar-refractivity contribution in [1.29, 1.82) is 0 Å². The molecular formula is C24H29NO2. The highest BCUT2D eigenvalue weighted by Gasteiger charge is 2.48. The van der Waals surface area contributed by atoms with Gasteiger partial charge in [0.2, 0.25) is 0 Å². The van der Waals surface area contributed by atoms with Crippen LogP contribution >= 0.6 is 0 Å². The van der Waals surface area contributed by atoms with E-state index < -0.39 is 0 Å². The summed E-state index contributed by atoms with van der Waals surface area (Å²) in [6.45, 7) is 2.17. The molecule has 1 aliphatic carbocycles. The van der Waals surface area contributed by atoms with Crippen molar-refractivity contribution in [2.24, 2.45) is 0 Å². The highest BCUT2D eigenvalue weighted by molar-refractivity contribution is 5.44. The van der Waals surface area contributed by atoms with Crippen molar-refractivity contribution < 1.29 is 9.84 Å². The molecule has 142 valence electrons. The maximum atomic E-state index is 10.1. The van der Waals surface area contributed by atoms with Gasteiger partial charge in [0.05, 0.1) is 13.4 Å². The molecule has 0 spiro atoms. The number of fused-ring (bicyclic) bond motifs is 2. The molecular weight excluding hydrogens is 334 g/mol. The molecule has 2 atom stereocenters. The van der Waals surface area contributed by atoms with E-state index in [2.05, 4.69) is 41.3 Å². The molecule has 1 saturated carbocycles. The molecule has 1 aliphatic heterocycles. The highest BCUT2D eigenvalue weighted by Crippen LogP contribution is 2.51. The van der Waals surface area contributed by atoms with Crippen LogP contribution in [-0.2, 0) is 16.6 Å². The average molecular weight is 364 g/mol. The monoisotopic (exact) mass is 363 g/mol. The molecule has 1 saturated heterocycles. The molecule has 1 heterocycles. The van der Waals surface area contributed by atoms with Gasteiger partial charge >= 0.3 is 0 Å². The predicted octanol–water partition coefficient (Wildman–Crippen LogP) is 4.66. The topological polar surface area (TPSA) is 32.7 Å². The second-order valence-electron chi connectivity index (χ2n) is 7.87. The van der Waals surface area contributed by atoms with Crippen LogP contribution in [0.1, 0.15) is 36.8 Å². The number of benzene rings is 2. The summed E-state index contributed by atoms with van der Waals surface area (Å²) in [6, 6.07) is 19.0. The van der Waals surface area contributed by atoms with Crippen LogP contribution in [0.5, 0.6) is 5.75 Å². The molecule has 2 aromatic carbocycles. The quantitative estimate of drug-likeness (QED) is 0.784. The lowest BCUT2D eigenvalue weighted by Gasteiger charge is -2.52. The zero-order valence-corrected chi connectivity index (χ0v) is 16.1. The highest BCUT2D eigenvalue weighted by atomic mass is 16.5. The predicted molar refractivity (Wildman–Crippen MR) is 109 cm³/mol. The van der Waals surface area contributed by atoms with Crippen molar-refractivity contribution in [3.63, 3.8) is 0 Å². The zero-order valence-electron chi connectivity index (χ0n) is 16.1. The third-order valence-corrected chi connectivity index (χ3v) is 6.43. The fourth-order valence-corrected chi connectivity index (χ4v) is 5.12. The van der Waals surface area contributed by atoms with Crippen LogP contribution in [0.4, 0.5) is 0 Å². The Kier molecular flexibility index (Phi) is 5.22. The molecule has 27 heavy (non-hydrogen) atoms. The Morgan fingerprint density at radius 2 is 2.00 bits per heavy atom. The number of phenolic OH excluding ortho intramolecular Hbond substituents is 1. The summed E-state index contributed by atoms with van der Waals surface area (Å²) in [7, 11) is 1.75. The minimum atomic E-state index is 0.000906. The number of phenols is 1. The second kappa shape index (κ2) is 7.77. The van der Waals surface area contributed by atoms with E-state index in [1.54, 1.807) is 13.2 Å². The first-order chi connectivity index (χ1) is 13.2. The maximum Gasteiger partial charge on any atom is 0.115 e. The van der Waals surface area contributed by atoms with E-state index in [0.29, 0.717) is 11.8 Å². The van der Waals surface area contributed by atoms with E-state index in [1.165, 1.54) is 29.5 Å². The number of hydrogen-bond donors (Lipinski definition) is 1. The van der Waals surface area contributed by atoms with Gasteiger partial charge in [-0.1, -0.05) is 48.9 Å². The second-order valence-corrected chi connectivity index (χ2v) is 7.87. The molecule has 3 heteroatoms. The molecule has 2 aromatic rings. The summed E-state index contributed by atoms with van der Waals surface area (Å²) in [5.74, 6) is 0.354. The summed E-state index contributed by atoms with van der Waals surface area (Å²) >= 11 is 0. The SMILES string of the molecule is COC=C1C2CCCC1(c1cccc(O)c1)CCN2CCc1ccccc1. The molecule has 2 bridgehead atoms. The van der Waals surface area contributed by atoms with Crippen molar-refractivity contribution in [3.8, 4) is 5.75 Å². The maximum absolute atomic E-state index is 10.1. The molecule has 2 aliphatic rings. The van der Waals surface area contributed by atoms with Gasteiger partial charge in [-0.3, -0.25) is 4.90 Å². The van der Waals surface area contributed by atoms with Crippen LogP contribution in [-0.4, -0.2) is 36.2 Å². The van der Waals surface area contributed by atoms with E-state index in [1.807, 2.05) is 18.4 Å². The van der Waals surface area contributed by atoms with Crippen LogP contribution in [0.15, 0.2) is 66.4 Å². The van der Waals surface area contributed by atoms with Crippen LogP contribution < -0.4 is 0 Å². The number of ether oxygens (including phenoxy) is 1. The van der Waals surface area contributed by atoms with Crippen molar-refractivity contribution >= 4 is 0 Å². The lowest BCUT2D eigenvalue weighted by molar-refractivity contribution is 0.104. The number of aromatic hydroxyl groups is 1. The number of nitrogens with zero attached hydrogens (tertiary/aromatic N) is 1.